The predicted molar refractivity (Wildman–Crippen MR) is 95.5 cm³/mol. The highest BCUT2D eigenvalue weighted by molar-refractivity contribution is 6.00. The molecule has 0 radical (unpaired) electrons. The monoisotopic (exact) mass is 356 g/mol. The van der Waals surface area contributed by atoms with Crippen molar-refractivity contribution in [1.82, 2.24) is 30.4 Å². The lowest BCUT2D eigenvalue weighted by atomic mass is 9.98. The van der Waals surface area contributed by atoms with Crippen LogP contribution in [0.2, 0.25) is 0 Å². The van der Waals surface area contributed by atoms with Crippen LogP contribution < -0.4 is 0 Å². The normalized spacial score (nSPS) is 21.7. The molecule has 138 valence electrons. The maximum atomic E-state index is 13.4. The number of H-pyrrole nitrogens is 1. The average Bonchev–Trinajstić information content (AvgIpc) is 3.23. The molecular weight excluding hydrogens is 332 g/mol. The van der Waals surface area contributed by atoms with Gasteiger partial charge < -0.3 is 9.64 Å². The van der Waals surface area contributed by atoms with Gasteiger partial charge in [-0.25, -0.2) is 0 Å². The Balaban J connectivity index is 1.56. The van der Waals surface area contributed by atoms with E-state index in [1.165, 1.54) is 6.42 Å². The number of carbonyl (C=O) groups excluding carboxylic acids is 1. The summed E-state index contributed by atoms with van der Waals surface area (Å²) in [6, 6.07) is 7.75. The number of hydrogen-bond donors (Lipinski definition) is 1. The number of amides is 1. The molecule has 1 aromatic heterocycles. The molecule has 1 aromatic carbocycles. The molecule has 0 aliphatic carbocycles. The summed E-state index contributed by atoms with van der Waals surface area (Å²) in [5.41, 5.74) is 1.37. The number of nitrogens with zero attached hydrogens (tertiary/aromatic N) is 5. The molecule has 1 atom stereocenters. The van der Waals surface area contributed by atoms with Crippen molar-refractivity contribution >= 4 is 5.91 Å². The number of ether oxygens (including phenoxy) is 1. The summed E-state index contributed by atoms with van der Waals surface area (Å²) in [6.45, 7) is 5.16. The first-order valence-corrected chi connectivity index (χ1v) is 9.27. The number of aromatic amines is 1. The van der Waals surface area contributed by atoms with Gasteiger partial charge in [-0.2, -0.15) is 5.21 Å². The third-order valence-electron chi connectivity index (χ3n) is 5.20. The highest BCUT2D eigenvalue weighted by Gasteiger charge is 2.30. The Labute approximate surface area is 152 Å². The van der Waals surface area contributed by atoms with E-state index < -0.39 is 0 Å². The lowest BCUT2D eigenvalue weighted by molar-refractivity contribution is 0.0166. The molecule has 2 aromatic rings. The Kier molecular flexibility index (Phi) is 5.21. The summed E-state index contributed by atoms with van der Waals surface area (Å²) in [4.78, 5) is 17.8. The van der Waals surface area contributed by atoms with Crippen LogP contribution in [0, 0.1) is 0 Å². The van der Waals surface area contributed by atoms with E-state index in [-0.39, 0.29) is 11.9 Å². The highest BCUT2D eigenvalue weighted by Crippen LogP contribution is 2.25. The minimum atomic E-state index is 0.0587. The third kappa shape index (κ3) is 3.61. The fourth-order valence-electron chi connectivity index (χ4n) is 3.83. The number of tetrazole rings is 1. The Morgan fingerprint density at radius 2 is 2.04 bits per heavy atom. The van der Waals surface area contributed by atoms with Crippen molar-refractivity contribution in [2.24, 2.45) is 0 Å². The van der Waals surface area contributed by atoms with E-state index in [0.717, 1.165) is 57.8 Å². The minimum Gasteiger partial charge on any atom is -0.379 e. The van der Waals surface area contributed by atoms with Gasteiger partial charge in [-0.3, -0.25) is 9.69 Å². The fourth-order valence-corrected chi connectivity index (χ4v) is 3.83. The number of morpholine rings is 1. The van der Waals surface area contributed by atoms with Crippen LogP contribution in [0.1, 0.15) is 29.6 Å². The molecule has 2 fully saturated rings. The first-order valence-electron chi connectivity index (χ1n) is 9.27. The molecule has 1 unspecified atom stereocenters. The topological polar surface area (TPSA) is 87.2 Å². The molecule has 2 saturated heterocycles. The van der Waals surface area contributed by atoms with Crippen molar-refractivity contribution in [3.63, 3.8) is 0 Å². The van der Waals surface area contributed by atoms with Gasteiger partial charge in [0.1, 0.15) is 0 Å². The van der Waals surface area contributed by atoms with Crippen LogP contribution in [-0.2, 0) is 4.74 Å². The number of aromatic nitrogens is 4. The zero-order valence-electron chi connectivity index (χ0n) is 14.8. The number of rotatable bonds is 4. The number of piperidine rings is 1. The Morgan fingerprint density at radius 3 is 2.85 bits per heavy atom. The second-order valence-corrected chi connectivity index (χ2v) is 6.84. The van der Waals surface area contributed by atoms with Gasteiger partial charge in [-0.1, -0.05) is 18.2 Å². The second-order valence-electron chi connectivity index (χ2n) is 6.84. The molecule has 4 rings (SSSR count). The van der Waals surface area contributed by atoms with Crippen molar-refractivity contribution in [2.75, 3.05) is 39.4 Å². The first-order chi connectivity index (χ1) is 12.8. The molecule has 8 heteroatoms. The van der Waals surface area contributed by atoms with Crippen molar-refractivity contribution < 1.29 is 9.53 Å². The Hall–Kier alpha value is -2.32. The van der Waals surface area contributed by atoms with Crippen molar-refractivity contribution in [1.29, 1.82) is 0 Å². The van der Waals surface area contributed by atoms with Crippen LogP contribution in [0.3, 0.4) is 0 Å². The fraction of sp³-hybridized carbons (Fsp3) is 0.556. The van der Waals surface area contributed by atoms with Crippen LogP contribution in [-0.4, -0.2) is 81.8 Å². The van der Waals surface area contributed by atoms with Gasteiger partial charge in [0.15, 0.2) is 0 Å². The predicted octanol–water partition coefficient (Wildman–Crippen LogP) is 1.19. The summed E-state index contributed by atoms with van der Waals surface area (Å²) >= 11 is 0. The number of hydrogen-bond acceptors (Lipinski definition) is 6. The smallest absolute Gasteiger partial charge is 0.254 e. The molecule has 3 heterocycles. The van der Waals surface area contributed by atoms with Crippen molar-refractivity contribution in [3.05, 3.63) is 29.8 Å². The van der Waals surface area contributed by atoms with E-state index >= 15 is 0 Å². The Bertz CT molecular complexity index is 729. The average molecular weight is 356 g/mol. The first kappa shape index (κ1) is 17.1. The Morgan fingerprint density at radius 1 is 1.19 bits per heavy atom. The molecule has 26 heavy (non-hydrogen) atoms. The maximum absolute atomic E-state index is 13.4. The summed E-state index contributed by atoms with van der Waals surface area (Å²) in [5, 5.41) is 14.2. The van der Waals surface area contributed by atoms with Gasteiger partial charge in [0.2, 0.25) is 5.82 Å². The quantitative estimate of drug-likeness (QED) is 0.886. The van der Waals surface area contributed by atoms with Gasteiger partial charge in [0.25, 0.3) is 5.91 Å². The van der Waals surface area contributed by atoms with Gasteiger partial charge in [0.05, 0.1) is 18.8 Å². The largest absolute Gasteiger partial charge is 0.379 e. The zero-order valence-corrected chi connectivity index (χ0v) is 14.8. The zero-order chi connectivity index (χ0) is 17.8. The molecule has 8 nitrogen and oxygen atoms in total. The summed E-state index contributed by atoms with van der Waals surface area (Å²) in [5.74, 6) is 0.513. The molecule has 0 spiro atoms. The number of carbonyl (C=O) groups is 1. The van der Waals surface area contributed by atoms with Crippen LogP contribution >= 0.6 is 0 Å². The number of likely N-dealkylation sites (tertiary alicyclic amines) is 1. The van der Waals surface area contributed by atoms with Crippen LogP contribution in [0.25, 0.3) is 11.4 Å². The molecule has 0 bridgehead atoms. The summed E-state index contributed by atoms with van der Waals surface area (Å²) in [6.07, 6.45) is 3.27. The second kappa shape index (κ2) is 7.92. The highest BCUT2D eigenvalue weighted by atomic mass is 16.5. The van der Waals surface area contributed by atoms with Crippen LogP contribution in [0.15, 0.2) is 24.3 Å². The van der Waals surface area contributed by atoms with E-state index in [1.807, 2.05) is 29.2 Å². The third-order valence-corrected chi connectivity index (χ3v) is 5.20. The van der Waals surface area contributed by atoms with Gasteiger partial charge in [-0.05, 0) is 30.5 Å². The van der Waals surface area contributed by atoms with Crippen LogP contribution in [0.4, 0.5) is 0 Å². The lowest BCUT2D eigenvalue weighted by Gasteiger charge is -2.39. The molecule has 0 saturated carbocycles. The maximum Gasteiger partial charge on any atom is 0.254 e. The van der Waals surface area contributed by atoms with Crippen molar-refractivity contribution in [2.45, 2.75) is 25.3 Å². The molecule has 2 aliphatic rings. The molecule has 1 amide bonds. The van der Waals surface area contributed by atoms with Crippen molar-refractivity contribution in [3.8, 4) is 11.4 Å². The van der Waals surface area contributed by atoms with E-state index in [4.69, 9.17) is 4.74 Å². The molecular formula is C18H24N6O2. The standard InChI is InChI=1S/C18H24N6O2/c25-18(16-7-2-1-6-15(16)17-19-21-22-20-17)24-8-4-3-5-14(24)13-23-9-11-26-12-10-23/h1-2,6-7,14H,3-5,8-13H2,(H,19,20,21,22). The van der Waals surface area contributed by atoms with Crippen LogP contribution in [0.5, 0.6) is 0 Å². The molecule has 2 aliphatic heterocycles. The minimum absolute atomic E-state index is 0.0587. The van der Waals surface area contributed by atoms with Gasteiger partial charge in [0, 0.05) is 37.8 Å². The number of benzene rings is 1. The van der Waals surface area contributed by atoms with Gasteiger partial charge >= 0.3 is 0 Å². The summed E-state index contributed by atoms with van der Waals surface area (Å²) in [7, 11) is 0. The van der Waals surface area contributed by atoms with E-state index in [9.17, 15) is 4.79 Å². The van der Waals surface area contributed by atoms with E-state index in [2.05, 4.69) is 25.5 Å². The van der Waals surface area contributed by atoms with E-state index in [1.54, 1.807) is 0 Å². The lowest BCUT2D eigenvalue weighted by Crippen LogP contribution is -2.51. The summed E-state index contributed by atoms with van der Waals surface area (Å²) < 4.78 is 5.44. The SMILES string of the molecule is O=C(c1ccccc1-c1nn[nH]n1)N1CCCCC1CN1CCOCC1. The van der Waals surface area contributed by atoms with Gasteiger partial charge in [-0.15, -0.1) is 10.2 Å². The van der Waals surface area contributed by atoms with E-state index in [0.29, 0.717) is 11.4 Å². The molecule has 1 N–H and O–H groups in total. The number of nitrogens with one attached hydrogen (secondary N) is 1.